The van der Waals surface area contributed by atoms with E-state index in [1.165, 1.54) is 5.01 Å². The van der Waals surface area contributed by atoms with Crippen LogP contribution < -0.4 is 15.5 Å². The second-order valence-electron chi connectivity index (χ2n) is 8.38. The van der Waals surface area contributed by atoms with Gasteiger partial charge in [0.1, 0.15) is 23.5 Å². The van der Waals surface area contributed by atoms with Crippen LogP contribution in [0.3, 0.4) is 0 Å². The standard InChI is InChI=1S/C24H21N5O3/c1-13-19(23-27-21-17(31-15-10-11-15)8-5-9-18(21)32-23)24(30)29-22(26-13)20(16(12-25)28-29)14-6-3-2-4-7-14/h2-9,15-16,20,22,26,28H,10-11H2,1H3. The Bertz CT molecular complexity index is 1290. The van der Waals surface area contributed by atoms with Crippen LogP contribution in [0.25, 0.3) is 16.7 Å². The maximum atomic E-state index is 13.5. The van der Waals surface area contributed by atoms with Crippen molar-refractivity contribution in [2.45, 2.75) is 44.0 Å². The average Bonchev–Trinajstić information content (AvgIpc) is 3.38. The maximum Gasteiger partial charge on any atom is 0.277 e. The number of nitrogens with zero attached hydrogens (tertiary/aromatic N) is 3. The van der Waals surface area contributed by atoms with Gasteiger partial charge in [-0.2, -0.15) is 5.26 Å². The van der Waals surface area contributed by atoms with Crippen LogP contribution in [-0.2, 0) is 4.79 Å². The molecule has 3 aliphatic rings. The number of fused-ring (bicyclic) bond motifs is 2. The summed E-state index contributed by atoms with van der Waals surface area (Å²) < 4.78 is 11.9. The van der Waals surface area contributed by atoms with E-state index >= 15 is 0 Å². The molecule has 6 rings (SSSR count). The number of carbonyl (C=O) groups is 1. The van der Waals surface area contributed by atoms with E-state index in [-0.39, 0.29) is 23.8 Å². The van der Waals surface area contributed by atoms with E-state index in [1.54, 1.807) is 0 Å². The third-order valence-electron chi connectivity index (χ3n) is 6.17. The van der Waals surface area contributed by atoms with Crippen molar-refractivity contribution in [3.05, 3.63) is 65.7 Å². The Labute approximate surface area is 184 Å². The van der Waals surface area contributed by atoms with E-state index in [0.29, 0.717) is 28.1 Å². The smallest absolute Gasteiger partial charge is 0.277 e. The quantitative estimate of drug-likeness (QED) is 0.660. The first kappa shape index (κ1) is 18.9. The highest BCUT2D eigenvalue weighted by molar-refractivity contribution is 6.20. The molecule has 1 aliphatic carbocycles. The summed E-state index contributed by atoms with van der Waals surface area (Å²) in [5.74, 6) is 0.407. The van der Waals surface area contributed by atoms with E-state index in [0.717, 1.165) is 18.4 Å². The number of aromatic nitrogens is 1. The zero-order chi connectivity index (χ0) is 21.8. The summed E-state index contributed by atoms with van der Waals surface area (Å²) in [6.07, 6.45) is 1.92. The van der Waals surface area contributed by atoms with Gasteiger partial charge in [0.15, 0.2) is 11.1 Å². The van der Waals surface area contributed by atoms with Crippen molar-refractivity contribution in [2.24, 2.45) is 0 Å². The molecule has 8 heteroatoms. The number of hydrogen-bond acceptors (Lipinski definition) is 7. The number of rotatable bonds is 4. The molecule has 2 aliphatic heterocycles. The second-order valence-corrected chi connectivity index (χ2v) is 8.38. The summed E-state index contributed by atoms with van der Waals surface area (Å²) in [4.78, 5) is 18.1. The van der Waals surface area contributed by atoms with Crippen LogP contribution in [0.2, 0.25) is 0 Å². The Morgan fingerprint density at radius 1 is 1.19 bits per heavy atom. The fraction of sp³-hybridized carbons (Fsp3) is 0.292. The first-order valence-electron chi connectivity index (χ1n) is 10.7. The minimum atomic E-state index is -0.548. The predicted octanol–water partition coefficient (Wildman–Crippen LogP) is 3.05. The van der Waals surface area contributed by atoms with Gasteiger partial charge in [-0.15, -0.1) is 0 Å². The van der Waals surface area contributed by atoms with Crippen molar-refractivity contribution < 1.29 is 13.9 Å². The molecular weight excluding hydrogens is 406 g/mol. The highest BCUT2D eigenvalue weighted by Crippen LogP contribution is 2.38. The largest absolute Gasteiger partial charge is 0.488 e. The molecule has 2 N–H and O–H groups in total. The van der Waals surface area contributed by atoms with Gasteiger partial charge in [-0.05, 0) is 37.5 Å². The number of carbonyl (C=O) groups excluding carboxylic acids is 1. The van der Waals surface area contributed by atoms with E-state index in [4.69, 9.17) is 9.15 Å². The predicted molar refractivity (Wildman–Crippen MR) is 116 cm³/mol. The van der Waals surface area contributed by atoms with Crippen molar-refractivity contribution in [3.8, 4) is 11.8 Å². The molecule has 0 radical (unpaired) electrons. The Balaban J connectivity index is 1.39. The molecule has 0 spiro atoms. The van der Waals surface area contributed by atoms with Gasteiger partial charge in [-0.1, -0.05) is 36.4 Å². The highest BCUT2D eigenvalue weighted by Gasteiger charge is 2.49. The van der Waals surface area contributed by atoms with Crippen LogP contribution in [-0.4, -0.2) is 34.2 Å². The number of amides is 1. The van der Waals surface area contributed by atoms with Gasteiger partial charge < -0.3 is 14.5 Å². The second kappa shape index (κ2) is 7.11. The minimum Gasteiger partial charge on any atom is -0.488 e. The van der Waals surface area contributed by atoms with Gasteiger partial charge in [-0.3, -0.25) is 4.79 Å². The fourth-order valence-electron chi connectivity index (χ4n) is 4.47. The number of benzene rings is 2. The first-order chi connectivity index (χ1) is 15.6. The number of ether oxygens (including phenoxy) is 1. The minimum absolute atomic E-state index is 0.219. The van der Waals surface area contributed by atoms with Crippen molar-refractivity contribution in [2.75, 3.05) is 0 Å². The summed E-state index contributed by atoms with van der Waals surface area (Å²) in [5.41, 5.74) is 6.24. The van der Waals surface area contributed by atoms with E-state index in [9.17, 15) is 10.1 Å². The van der Waals surface area contributed by atoms with Crippen LogP contribution in [0.15, 0.2) is 58.6 Å². The molecule has 2 fully saturated rings. The molecule has 3 heterocycles. The number of oxazole rings is 1. The van der Waals surface area contributed by atoms with Crippen LogP contribution >= 0.6 is 0 Å². The molecule has 1 saturated heterocycles. The van der Waals surface area contributed by atoms with Crippen LogP contribution in [0.1, 0.15) is 37.1 Å². The molecular formula is C24H21N5O3. The average molecular weight is 427 g/mol. The van der Waals surface area contributed by atoms with Crippen molar-refractivity contribution in [1.82, 2.24) is 20.7 Å². The number of nitriles is 1. The molecule has 1 aromatic heterocycles. The number of allylic oxidation sites excluding steroid dienone is 1. The monoisotopic (exact) mass is 427 g/mol. The fourth-order valence-corrected chi connectivity index (χ4v) is 4.47. The molecule has 1 saturated carbocycles. The van der Waals surface area contributed by atoms with E-state index < -0.39 is 12.2 Å². The lowest BCUT2D eigenvalue weighted by molar-refractivity contribution is -0.130. The van der Waals surface area contributed by atoms with Gasteiger partial charge in [0, 0.05) is 5.70 Å². The summed E-state index contributed by atoms with van der Waals surface area (Å²) in [5, 5.41) is 14.6. The Morgan fingerprint density at radius 3 is 2.75 bits per heavy atom. The van der Waals surface area contributed by atoms with Crippen molar-refractivity contribution >= 4 is 22.6 Å². The van der Waals surface area contributed by atoms with E-state index in [2.05, 4.69) is 21.8 Å². The van der Waals surface area contributed by atoms with Crippen LogP contribution in [0.5, 0.6) is 5.75 Å². The molecule has 3 unspecified atom stereocenters. The van der Waals surface area contributed by atoms with Gasteiger partial charge >= 0.3 is 0 Å². The zero-order valence-corrected chi connectivity index (χ0v) is 17.4. The van der Waals surface area contributed by atoms with Gasteiger partial charge in [0.05, 0.1) is 18.1 Å². The first-order valence-corrected chi connectivity index (χ1v) is 10.7. The molecule has 3 aromatic rings. The van der Waals surface area contributed by atoms with Gasteiger partial charge in [-0.25, -0.2) is 15.4 Å². The lowest BCUT2D eigenvalue weighted by Gasteiger charge is -2.34. The number of nitrogens with one attached hydrogen (secondary N) is 2. The zero-order valence-electron chi connectivity index (χ0n) is 17.4. The van der Waals surface area contributed by atoms with Gasteiger partial charge in [0.25, 0.3) is 5.91 Å². The number of para-hydroxylation sites is 1. The van der Waals surface area contributed by atoms with Gasteiger partial charge in [0.2, 0.25) is 5.89 Å². The van der Waals surface area contributed by atoms with Crippen molar-refractivity contribution in [1.29, 1.82) is 5.26 Å². The Hall–Kier alpha value is -3.83. The highest BCUT2D eigenvalue weighted by atomic mass is 16.5. The van der Waals surface area contributed by atoms with E-state index in [1.807, 2.05) is 55.5 Å². The third kappa shape index (κ3) is 2.93. The number of hydrazine groups is 1. The maximum absolute atomic E-state index is 13.5. The van der Waals surface area contributed by atoms with Crippen LogP contribution in [0.4, 0.5) is 0 Å². The Kier molecular flexibility index (Phi) is 4.20. The molecule has 2 aromatic carbocycles. The lowest BCUT2D eigenvalue weighted by Crippen LogP contribution is -2.54. The SMILES string of the molecule is CC1=C(c2nc3c(OC4CC4)cccc3o2)C(=O)N2NC(C#N)C(c3ccccc3)C2N1. The molecule has 3 atom stereocenters. The topological polar surface area (TPSA) is 103 Å². The summed E-state index contributed by atoms with van der Waals surface area (Å²) in [6, 6.07) is 17.0. The molecule has 0 bridgehead atoms. The Morgan fingerprint density at radius 2 is 2.00 bits per heavy atom. The summed E-state index contributed by atoms with van der Waals surface area (Å²) in [6.45, 7) is 1.84. The molecule has 32 heavy (non-hydrogen) atoms. The van der Waals surface area contributed by atoms with Crippen LogP contribution in [0, 0.1) is 11.3 Å². The van der Waals surface area contributed by atoms with Crippen molar-refractivity contribution in [3.63, 3.8) is 0 Å². The molecule has 160 valence electrons. The molecule has 8 nitrogen and oxygen atoms in total. The lowest BCUT2D eigenvalue weighted by atomic mass is 9.90. The number of hydrogen-bond donors (Lipinski definition) is 2. The third-order valence-corrected chi connectivity index (χ3v) is 6.17. The normalized spacial score (nSPS) is 24.9. The summed E-state index contributed by atoms with van der Waals surface area (Å²) in [7, 11) is 0. The summed E-state index contributed by atoms with van der Waals surface area (Å²) >= 11 is 0. The molecule has 1 amide bonds.